The van der Waals surface area contributed by atoms with E-state index in [4.69, 9.17) is 10.5 Å². The molecule has 0 fully saturated rings. The minimum atomic E-state index is -0.999. The Bertz CT molecular complexity index is 404. The molecule has 3 N–H and O–H groups in total. The Hall–Kier alpha value is -1.07. The van der Waals surface area contributed by atoms with Crippen LogP contribution in [0.5, 0.6) is 11.5 Å². The van der Waals surface area contributed by atoms with Crippen LogP contribution in [0.15, 0.2) is 18.2 Å². The van der Waals surface area contributed by atoms with Gasteiger partial charge in [0.25, 0.3) is 0 Å². The first kappa shape index (κ1) is 12.0. The topological polar surface area (TPSA) is 72.6 Å². The van der Waals surface area contributed by atoms with Gasteiger partial charge in [0.1, 0.15) is 5.54 Å². The molecule has 0 bridgehead atoms. The third-order valence-electron chi connectivity index (χ3n) is 2.29. The molecule has 1 unspecified atom stereocenters. The number of hydrogen-bond acceptors (Lipinski definition) is 4. The van der Waals surface area contributed by atoms with Crippen LogP contribution in [0.4, 0.5) is 0 Å². The summed E-state index contributed by atoms with van der Waals surface area (Å²) in [5.74, 6) is -0.293. The molecule has 82 valence electrons. The molecule has 1 aromatic carbocycles. The average Bonchev–Trinajstić information content (AvgIpc) is 2.08. The highest BCUT2D eigenvalue weighted by Crippen LogP contribution is 2.36. The monoisotopic (exact) mass is 273 g/mol. The van der Waals surface area contributed by atoms with Crippen molar-refractivity contribution in [1.29, 1.82) is 0 Å². The lowest BCUT2D eigenvalue weighted by molar-refractivity contribution is -0.141. The molecule has 2 rings (SSSR count). The Kier molecular flexibility index (Phi) is 3.06. The van der Waals surface area contributed by atoms with Crippen molar-refractivity contribution in [3.63, 3.8) is 0 Å². The number of benzene rings is 1. The molecule has 0 aromatic heterocycles. The number of nitrogens with two attached hydrogens (primary N) is 1. The Morgan fingerprint density at radius 3 is 2.87 bits per heavy atom. The zero-order valence-corrected chi connectivity index (χ0v) is 9.90. The fourth-order valence-corrected chi connectivity index (χ4v) is 1.51. The van der Waals surface area contributed by atoms with E-state index in [1.54, 1.807) is 19.1 Å². The van der Waals surface area contributed by atoms with Crippen LogP contribution < -0.4 is 10.5 Å². The summed E-state index contributed by atoms with van der Waals surface area (Å²) in [6.45, 7) is 1.61. The smallest absolute Gasteiger partial charge is 0.331 e. The molecule has 15 heavy (non-hydrogen) atoms. The lowest BCUT2D eigenvalue weighted by atomic mass is 9.91. The van der Waals surface area contributed by atoms with Gasteiger partial charge in [-0.25, -0.2) is 4.79 Å². The van der Waals surface area contributed by atoms with E-state index >= 15 is 0 Å². The molecule has 1 heterocycles. The van der Waals surface area contributed by atoms with Crippen molar-refractivity contribution in [3.8, 4) is 11.5 Å². The van der Waals surface area contributed by atoms with E-state index < -0.39 is 11.5 Å². The summed E-state index contributed by atoms with van der Waals surface area (Å²) in [6, 6.07) is 4.96. The Labute approximate surface area is 97.8 Å². The van der Waals surface area contributed by atoms with Crippen molar-refractivity contribution < 1.29 is 14.6 Å². The van der Waals surface area contributed by atoms with Gasteiger partial charge in [-0.05, 0) is 13.0 Å². The Balaban J connectivity index is 0.00000112. The predicted octanol–water partition coefficient (Wildman–Crippen LogP) is 1.15. The van der Waals surface area contributed by atoms with Crippen molar-refractivity contribution in [2.45, 2.75) is 18.9 Å². The number of phenolic OH excluding ortho intramolecular Hbond substituents is 1. The number of halogens is 1. The van der Waals surface area contributed by atoms with Crippen LogP contribution in [0.25, 0.3) is 0 Å². The highest BCUT2D eigenvalue weighted by atomic mass is 79.9. The largest absolute Gasteiger partial charge is 0.504 e. The molecule has 1 aliphatic rings. The van der Waals surface area contributed by atoms with Crippen molar-refractivity contribution in [2.75, 3.05) is 0 Å². The van der Waals surface area contributed by atoms with Crippen LogP contribution in [0.1, 0.15) is 12.5 Å². The predicted molar refractivity (Wildman–Crippen MR) is 60.4 cm³/mol. The van der Waals surface area contributed by atoms with Gasteiger partial charge in [0.05, 0.1) is 0 Å². The molecule has 5 heteroatoms. The molecule has 0 spiro atoms. The van der Waals surface area contributed by atoms with Gasteiger partial charge in [-0.1, -0.05) is 12.1 Å². The maximum Gasteiger partial charge on any atom is 0.331 e. The minimum absolute atomic E-state index is 0. The second-order valence-corrected chi connectivity index (χ2v) is 3.75. The van der Waals surface area contributed by atoms with Gasteiger partial charge < -0.3 is 15.6 Å². The SMILES string of the molecule is Br.CC1(N)Cc2cccc(O)c2OC1=O. The van der Waals surface area contributed by atoms with E-state index in [1.807, 2.05) is 0 Å². The zero-order chi connectivity index (χ0) is 10.3. The molecular weight excluding hydrogens is 262 g/mol. The third-order valence-corrected chi connectivity index (χ3v) is 2.29. The maximum absolute atomic E-state index is 11.4. The van der Waals surface area contributed by atoms with Gasteiger partial charge in [0.15, 0.2) is 11.5 Å². The first-order valence-electron chi connectivity index (χ1n) is 4.33. The maximum atomic E-state index is 11.4. The Morgan fingerprint density at radius 1 is 1.53 bits per heavy atom. The molecular formula is C10H12BrNO3. The lowest BCUT2D eigenvalue weighted by Gasteiger charge is -2.28. The summed E-state index contributed by atoms with van der Waals surface area (Å²) < 4.78 is 4.96. The van der Waals surface area contributed by atoms with Crippen LogP contribution in [0.3, 0.4) is 0 Å². The van der Waals surface area contributed by atoms with Crippen LogP contribution in [-0.4, -0.2) is 16.6 Å². The van der Waals surface area contributed by atoms with E-state index in [0.29, 0.717) is 6.42 Å². The third kappa shape index (κ3) is 1.98. The van der Waals surface area contributed by atoms with Crippen molar-refractivity contribution in [3.05, 3.63) is 23.8 Å². The first-order valence-corrected chi connectivity index (χ1v) is 4.33. The standard InChI is InChI=1S/C10H11NO3.BrH/c1-10(11)5-6-3-2-4-7(12)8(6)14-9(10)13;/h2-4,12H,5,11H2,1H3;1H. The summed E-state index contributed by atoms with van der Waals surface area (Å²) >= 11 is 0. The quantitative estimate of drug-likeness (QED) is 0.550. The van der Waals surface area contributed by atoms with Crippen LogP contribution >= 0.6 is 17.0 Å². The Morgan fingerprint density at radius 2 is 2.20 bits per heavy atom. The van der Waals surface area contributed by atoms with Crippen LogP contribution in [0.2, 0.25) is 0 Å². The molecule has 0 amide bonds. The molecule has 1 aliphatic heterocycles. The summed E-state index contributed by atoms with van der Waals surface area (Å²) in [4.78, 5) is 11.4. The summed E-state index contributed by atoms with van der Waals surface area (Å²) in [5.41, 5.74) is 5.49. The van der Waals surface area contributed by atoms with E-state index in [1.165, 1.54) is 6.07 Å². The number of para-hydroxylation sites is 1. The fourth-order valence-electron chi connectivity index (χ4n) is 1.51. The zero-order valence-electron chi connectivity index (χ0n) is 8.19. The molecule has 0 saturated heterocycles. The second kappa shape index (κ2) is 3.83. The molecule has 0 aliphatic carbocycles. The minimum Gasteiger partial charge on any atom is -0.504 e. The van der Waals surface area contributed by atoms with E-state index in [-0.39, 0.29) is 28.5 Å². The summed E-state index contributed by atoms with van der Waals surface area (Å²) in [5, 5.41) is 9.43. The fraction of sp³-hybridized carbons (Fsp3) is 0.300. The molecule has 1 aromatic rings. The number of carbonyl (C=O) groups is 1. The number of hydrogen-bond donors (Lipinski definition) is 2. The summed E-state index contributed by atoms with van der Waals surface area (Å²) in [6.07, 6.45) is 0.384. The number of ether oxygens (including phenoxy) is 1. The lowest BCUT2D eigenvalue weighted by Crippen LogP contribution is -2.51. The van der Waals surface area contributed by atoms with Crippen molar-refractivity contribution >= 4 is 23.0 Å². The normalized spacial score (nSPS) is 23.7. The number of fused-ring (bicyclic) bond motifs is 1. The number of esters is 1. The molecule has 4 nitrogen and oxygen atoms in total. The highest BCUT2D eigenvalue weighted by Gasteiger charge is 2.37. The number of phenols is 1. The van der Waals surface area contributed by atoms with Gasteiger partial charge in [-0.15, -0.1) is 17.0 Å². The van der Waals surface area contributed by atoms with E-state index in [2.05, 4.69) is 0 Å². The van der Waals surface area contributed by atoms with E-state index in [9.17, 15) is 9.90 Å². The van der Waals surface area contributed by atoms with Gasteiger partial charge in [0.2, 0.25) is 0 Å². The van der Waals surface area contributed by atoms with E-state index in [0.717, 1.165) is 5.56 Å². The first-order chi connectivity index (χ1) is 6.50. The second-order valence-electron chi connectivity index (χ2n) is 3.75. The van der Waals surface area contributed by atoms with Crippen LogP contribution in [-0.2, 0) is 11.2 Å². The van der Waals surface area contributed by atoms with Gasteiger partial charge >= 0.3 is 5.97 Å². The molecule has 0 saturated carbocycles. The number of aromatic hydroxyl groups is 1. The van der Waals surface area contributed by atoms with Gasteiger partial charge in [-0.3, -0.25) is 0 Å². The van der Waals surface area contributed by atoms with Crippen LogP contribution in [0, 0.1) is 0 Å². The van der Waals surface area contributed by atoms with Gasteiger partial charge in [0, 0.05) is 12.0 Å². The summed E-state index contributed by atoms with van der Waals surface area (Å²) in [7, 11) is 0. The number of carbonyl (C=O) groups excluding carboxylic acids is 1. The number of rotatable bonds is 0. The van der Waals surface area contributed by atoms with Crippen molar-refractivity contribution in [1.82, 2.24) is 0 Å². The highest BCUT2D eigenvalue weighted by molar-refractivity contribution is 8.93. The average molecular weight is 274 g/mol. The van der Waals surface area contributed by atoms with Crippen molar-refractivity contribution in [2.24, 2.45) is 5.73 Å². The molecule has 0 radical (unpaired) electrons. The molecule has 1 atom stereocenters. The van der Waals surface area contributed by atoms with Gasteiger partial charge in [-0.2, -0.15) is 0 Å².